The smallest absolute Gasteiger partial charge is 0.305 e. The molecule has 28 heavy (non-hydrogen) atoms. The highest BCUT2D eigenvalue weighted by molar-refractivity contribution is 7.16. The van der Waals surface area contributed by atoms with Crippen molar-refractivity contribution in [1.82, 2.24) is 19.7 Å². The second-order valence-corrected chi connectivity index (χ2v) is 7.88. The SMILES string of the molecule is CCC(CC)C(c1ccc(Nc2ccc3[nH]c(=O)sc3c2)cc1)n1cncn1. The minimum absolute atomic E-state index is 0.0305. The Kier molecular flexibility index (Phi) is 5.25. The number of benzene rings is 2. The number of nitrogens with one attached hydrogen (secondary N) is 2. The first kappa shape index (κ1) is 18.4. The van der Waals surface area contributed by atoms with Crippen molar-refractivity contribution in [2.45, 2.75) is 32.7 Å². The van der Waals surface area contributed by atoms with Gasteiger partial charge in [0, 0.05) is 11.4 Å². The van der Waals surface area contributed by atoms with Crippen LogP contribution in [0.2, 0.25) is 0 Å². The third-order valence-corrected chi connectivity index (χ3v) is 6.02. The topological polar surface area (TPSA) is 75.6 Å². The molecular weight excluding hydrogens is 370 g/mol. The summed E-state index contributed by atoms with van der Waals surface area (Å²) in [6.45, 7) is 4.44. The van der Waals surface area contributed by atoms with Crippen LogP contribution >= 0.6 is 11.3 Å². The molecule has 0 aliphatic rings. The largest absolute Gasteiger partial charge is 0.355 e. The number of nitrogens with zero attached hydrogens (tertiary/aromatic N) is 3. The normalized spacial score (nSPS) is 12.5. The van der Waals surface area contributed by atoms with E-state index in [1.807, 2.05) is 22.9 Å². The summed E-state index contributed by atoms with van der Waals surface area (Å²) in [7, 11) is 0. The molecule has 2 aromatic heterocycles. The van der Waals surface area contributed by atoms with Gasteiger partial charge in [0.05, 0.1) is 16.3 Å². The molecule has 0 spiro atoms. The highest BCUT2D eigenvalue weighted by Crippen LogP contribution is 2.32. The Morgan fingerprint density at radius 3 is 2.54 bits per heavy atom. The molecule has 2 heterocycles. The number of aromatic nitrogens is 4. The van der Waals surface area contributed by atoms with Crippen molar-refractivity contribution >= 4 is 32.9 Å². The van der Waals surface area contributed by atoms with Gasteiger partial charge in [0.25, 0.3) is 0 Å². The van der Waals surface area contributed by atoms with Gasteiger partial charge in [0.1, 0.15) is 12.7 Å². The van der Waals surface area contributed by atoms with Gasteiger partial charge in [-0.05, 0) is 41.8 Å². The van der Waals surface area contributed by atoms with Crippen molar-refractivity contribution in [3.63, 3.8) is 0 Å². The van der Waals surface area contributed by atoms with Crippen LogP contribution in [0.1, 0.15) is 38.3 Å². The second-order valence-electron chi connectivity index (χ2n) is 6.87. The fourth-order valence-corrected chi connectivity index (χ4v) is 4.47. The molecule has 0 fully saturated rings. The highest BCUT2D eigenvalue weighted by atomic mass is 32.1. The van der Waals surface area contributed by atoms with Crippen molar-refractivity contribution in [2.75, 3.05) is 5.32 Å². The summed E-state index contributed by atoms with van der Waals surface area (Å²) in [5.74, 6) is 0.499. The zero-order chi connectivity index (χ0) is 19.5. The Bertz CT molecular complexity index is 1090. The lowest BCUT2D eigenvalue weighted by Crippen LogP contribution is -2.20. The zero-order valence-electron chi connectivity index (χ0n) is 15.9. The van der Waals surface area contributed by atoms with Gasteiger partial charge in [0.2, 0.25) is 0 Å². The van der Waals surface area contributed by atoms with E-state index >= 15 is 0 Å². The van der Waals surface area contributed by atoms with Gasteiger partial charge in [0.15, 0.2) is 0 Å². The van der Waals surface area contributed by atoms with Crippen LogP contribution in [-0.4, -0.2) is 19.7 Å². The van der Waals surface area contributed by atoms with E-state index in [0.29, 0.717) is 5.92 Å². The number of anilines is 2. The van der Waals surface area contributed by atoms with Gasteiger partial charge in [-0.1, -0.05) is 50.2 Å². The number of hydrogen-bond acceptors (Lipinski definition) is 5. The molecular formula is C21H23N5OS. The van der Waals surface area contributed by atoms with Gasteiger partial charge in [-0.25, -0.2) is 9.67 Å². The Morgan fingerprint density at radius 2 is 1.86 bits per heavy atom. The van der Waals surface area contributed by atoms with Crippen LogP contribution in [0.25, 0.3) is 10.2 Å². The van der Waals surface area contributed by atoms with Gasteiger partial charge < -0.3 is 10.3 Å². The van der Waals surface area contributed by atoms with Crippen LogP contribution in [0.3, 0.4) is 0 Å². The summed E-state index contributed by atoms with van der Waals surface area (Å²) in [6.07, 6.45) is 5.56. The molecule has 4 aromatic rings. The van der Waals surface area contributed by atoms with Gasteiger partial charge >= 0.3 is 4.87 Å². The van der Waals surface area contributed by atoms with E-state index in [1.165, 1.54) is 16.9 Å². The molecule has 0 radical (unpaired) electrons. The van der Waals surface area contributed by atoms with Crippen LogP contribution in [0.4, 0.5) is 11.4 Å². The molecule has 0 bridgehead atoms. The summed E-state index contributed by atoms with van der Waals surface area (Å²) < 4.78 is 2.91. The highest BCUT2D eigenvalue weighted by Gasteiger charge is 2.23. The Balaban J connectivity index is 1.58. The first-order valence-corrected chi connectivity index (χ1v) is 10.3. The van der Waals surface area contributed by atoms with E-state index in [-0.39, 0.29) is 10.9 Å². The van der Waals surface area contributed by atoms with E-state index in [9.17, 15) is 4.79 Å². The maximum absolute atomic E-state index is 11.5. The summed E-state index contributed by atoms with van der Waals surface area (Å²) in [5, 5.41) is 7.81. The van der Waals surface area contributed by atoms with Crippen molar-refractivity contribution in [3.05, 3.63) is 70.4 Å². The molecule has 6 nitrogen and oxygen atoms in total. The van der Waals surface area contributed by atoms with E-state index in [2.05, 4.69) is 58.5 Å². The molecule has 0 saturated heterocycles. The zero-order valence-corrected chi connectivity index (χ0v) is 16.7. The molecule has 2 N–H and O–H groups in total. The molecule has 2 aromatic carbocycles. The van der Waals surface area contributed by atoms with Crippen LogP contribution in [0.5, 0.6) is 0 Å². The monoisotopic (exact) mass is 393 g/mol. The lowest BCUT2D eigenvalue weighted by Gasteiger charge is -2.26. The fraction of sp³-hybridized carbons (Fsp3) is 0.286. The average Bonchev–Trinajstić information content (AvgIpc) is 3.35. The van der Waals surface area contributed by atoms with Crippen molar-refractivity contribution in [3.8, 4) is 0 Å². The van der Waals surface area contributed by atoms with E-state index < -0.39 is 0 Å². The minimum atomic E-state index is -0.0305. The maximum atomic E-state index is 11.5. The third-order valence-electron chi connectivity index (χ3n) is 5.18. The van der Waals surface area contributed by atoms with E-state index in [1.54, 1.807) is 12.7 Å². The molecule has 1 atom stereocenters. The fourth-order valence-electron chi connectivity index (χ4n) is 3.69. The van der Waals surface area contributed by atoms with Gasteiger partial charge in [-0.15, -0.1) is 0 Å². The van der Waals surface area contributed by atoms with E-state index in [4.69, 9.17) is 0 Å². The summed E-state index contributed by atoms with van der Waals surface area (Å²) >= 11 is 1.22. The molecule has 0 amide bonds. The van der Waals surface area contributed by atoms with Crippen molar-refractivity contribution in [2.24, 2.45) is 5.92 Å². The molecule has 0 saturated carbocycles. The number of thiazole rings is 1. The first-order chi connectivity index (χ1) is 13.7. The quantitative estimate of drug-likeness (QED) is 0.466. The molecule has 1 unspecified atom stereocenters. The number of hydrogen-bond donors (Lipinski definition) is 2. The van der Waals surface area contributed by atoms with Gasteiger partial charge in [-0.2, -0.15) is 5.10 Å². The number of fused-ring (bicyclic) bond motifs is 1. The molecule has 0 aliphatic carbocycles. The minimum Gasteiger partial charge on any atom is -0.355 e. The number of H-pyrrole nitrogens is 1. The van der Waals surface area contributed by atoms with Gasteiger partial charge in [-0.3, -0.25) is 4.79 Å². The molecule has 4 rings (SSSR count). The lowest BCUT2D eigenvalue weighted by atomic mass is 9.89. The van der Waals surface area contributed by atoms with Crippen molar-refractivity contribution < 1.29 is 0 Å². The number of rotatable bonds is 7. The van der Waals surface area contributed by atoms with Crippen LogP contribution in [-0.2, 0) is 0 Å². The standard InChI is InChI=1S/C21H23N5OS/c1-3-14(4-2)20(26-13-22-12-23-26)15-5-7-16(8-6-15)24-17-9-10-18-19(11-17)28-21(27)25-18/h5-14,20,24H,3-4H2,1-2H3,(H,25,27). The summed E-state index contributed by atoms with van der Waals surface area (Å²) in [6, 6.07) is 14.6. The summed E-state index contributed by atoms with van der Waals surface area (Å²) in [4.78, 5) is 18.4. The molecule has 144 valence electrons. The molecule has 0 aliphatic heterocycles. The van der Waals surface area contributed by atoms with Crippen LogP contribution in [0, 0.1) is 5.92 Å². The van der Waals surface area contributed by atoms with Crippen molar-refractivity contribution in [1.29, 1.82) is 0 Å². The summed E-state index contributed by atoms with van der Waals surface area (Å²) in [5.41, 5.74) is 4.07. The Labute approximate surface area is 167 Å². The predicted octanol–water partition coefficient (Wildman–Crippen LogP) is 4.95. The lowest BCUT2D eigenvalue weighted by molar-refractivity contribution is 0.332. The average molecular weight is 394 g/mol. The Morgan fingerprint density at radius 1 is 1.11 bits per heavy atom. The maximum Gasteiger partial charge on any atom is 0.305 e. The predicted molar refractivity (Wildman–Crippen MR) is 114 cm³/mol. The first-order valence-electron chi connectivity index (χ1n) is 9.52. The third kappa shape index (κ3) is 3.71. The van der Waals surface area contributed by atoms with Crippen LogP contribution in [0.15, 0.2) is 59.9 Å². The second kappa shape index (κ2) is 7.98. The van der Waals surface area contributed by atoms with Crippen LogP contribution < -0.4 is 10.2 Å². The Hall–Kier alpha value is -2.93. The molecule has 7 heteroatoms. The number of aromatic amines is 1. The van der Waals surface area contributed by atoms with E-state index in [0.717, 1.165) is 34.4 Å².